The lowest BCUT2D eigenvalue weighted by Crippen LogP contribution is -2.30. The minimum atomic E-state index is -0.308. The summed E-state index contributed by atoms with van der Waals surface area (Å²) in [7, 11) is 1.74. The van der Waals surface area contributed by atoms with Crippen LogP contribution in [0.1, 0.15) is 69.4 Å². The SMILES string of the molecule is CCCCN1C(=O)c2ccc(C(=O)N(C)[C@H](C)c3ccccc3)cc2C1=O. The van der Waals surface area contributed by atoms with Crippen molar-refractivity contribution >= 4 is 17.7 Å². The van der Waals surface area contributed by atoms with Gasteiger partial charge in [0.1, 0.15) is 0 Å². The smallest absolute Gasteiger partial charge is 0.261 e. The van der Waals surface area contributed by atoms with E-state index in [1.165, 1.54) is 4.90 Å². The normalized spacial score (nSPS) is 14.3. The van der Waals surface area contributed by atoms with Crippen molar-refractivity contribution in [2.45, 2.75) is 32.7 Å². The van der Waals surface area contributed by atoms with E-state index in [1.807, 2.05) is 44.2 Å². The first-order valence-corrected chi connectivity index (χ1v) is 9.28. The first-order chi connectivity index (χ1) is 13.0. The van der Waals surface area contributed by atoms with Crippen molar-refractivity contribution in [1.82, 2.24) is 9.80 Å². The van der Waals surface area contributed by atoms with E-state index in [4.69, 9.17) is 0 Å². The molecular formula is C22H24N2O3. The van der Waals surface area contributed by atoms with Gasteiger partial charge in [-0.15, -0.1) is 0 Å². The van der Waals surface area contributed by atoms with Crippen molar-refractivity contribution in [2.75, 3.05) is 13.6 Å². The standard InChI is InChI=1S/C22H24N2O3/c1-4-5-13-24-21(26)18-12-11-17(14-19(18)22(24)27)20(25)23(3)15(2)16-9-7-6-8-10-16/h6-12,14-15H,4-5,13H2,1-3H3/t15-/m1/s1. The van der Waals surface area contributed by atoms with Crippen LogP contribution in [0, 0.1) is 0 Å². The van der Waals surface area contributed by atoms with Crippen LogP contribution in [-0.2, 0) is 0 Å². The molecule has 0 radical (unpaired) electrons. The van der Waals surface area contributed by atoms with Crippen LogP contribution in [0.4, 0.5) is 0 Å². The van der Waals surface area contributed by atoms with Crippen LogP contribution in [-0.4, -0.2) is 41.1 Å². The Balaban J connectivity index is 1.83. The summed E-state index contributed by atoms with van der Waals surface area (Å²) in [5.41, 5.74) is 2.15. The Hall–Kier alpha value is -2.95. The molecule has 0 fully saturated rings. The van der Waals surface area contributed by atoms with Gasteiger partial charge in [0.05, 0.1) is 17.2 Å². The Morgan fingerprint density at radius 2 is 1.70 bits per heavy atom. The van der Waals surface area contributed by atoms with Crippen molar-refractivity contribution in [1.29, 1.82) is 0 Å². The second kappa shape index (κ2) is 7.74. The summed E-state index contributed by atoms with van der Waals surface area (Å²) in [6.45, 7) is 4.39. The Labute approximate surface area is 159 Å². The van der Waals surface area contributed by atoms with Gasteiger partial charge in [-0.05, 0) is 37.1 Å². The fourth-order valence-electron chi connectivity index (χ4n) is 3.28. The highest BCUT2D eigenvalue weighted by Gasteiger charge is 2.35. The molecule has 5 nitrogen and oxygen atoms in total. The van der Waals surface area contributed by atoms with Crippen LogP contribution in [0.5, 0.6) is 0 Å². The number of carbonyl (C=O) groups excluding carboxylic acids is 3. The molecule has 3 amide bonds. The Bertz CT molecular complexity index is 876. The van der Waals surface area contributed by atoms with Crippen molar-refractivity contribution in [3.8, 4) is 0 Å². The number of imide groups is 1. The van der Waals surface area contributed by atoms with Gasteiger partial charge in [0.2, 0.25) is 0 Å². The molecule has 0 saturated carbocycles. The van der Waals surface area contributed by atoms with Gasteiger partial charge < -0.3 is 4.90 Å². The number of hydrogen-bond donors (Lipinski definition) is 0. The number of fused-ring (bicyclic) bond motifs is 1. The van der Waals surface area contributed by atoms with Gasteiger partial charge in [-0.3, -0.25) is 19.3 Å². The highest BCUT2D eigenvalue weighted by molar-refractivity contribution is 6.22. The van der Waals surface area contributed by atoms with Crippen LogP contribution in [0.15, 0.2) is 48.5 Å². The molecule has 140 valence electrons. The molecule has 0 saturated heterocycles. The fraction of sp³-hybridized carbons (Fsp3) is 0.318. The molecule has 1 atom stereocenters. The van der Waals surface area contributed by atoms with Crippen molar-refractivity contribution < 1.29 is 14.4 Å². The molecule has 1 aliphatic heterocycles. The molecule has 0 aliphatic carbocycles. The van der Waals surface area contributed by atoms with E-state index >= 15 is 0 Å². The minimum Gasteiger partial charge on any atom is -0.335 e. The van der Waals surface area contributed by atoms with E-state index in [-0.39, 0.29) is 23.8 Å². The third-order valence-corrected chi connectivity index (χ3v) is 5.14. The Kier molecular flexibility index (Phi) is 5.40. The summed E-state index contributed by atoms with van der Waals surface area (Å²) in [5, 5.41) is 0. The third-order valence-electron chi connectivity index (χ3n) is 5.14. The maximum absolute atomic E-state index is 12.9. The predicted octanol–water partition coefficient (Wildman–Crippen LogP) is 3.92. The predicted molar refractivity (Wildman–Crippen MR) is 104 cm³/mol. The summed E-state index contributed by atoms with van der Waals surface area (Å²) < 4.78 is 0. The summed E-state index contributed by atoms with van der Waals surface area (Å²) >= 11 is 0. The molecule has 27 heavy (non-hydrogen) atoms. The topological polar surface area (TPSA) is 57.7 Å². The highest BCUT2D eigenvalue weighted by Crippen LogP contribution is 2.26. The number of unbranched alkanes of at least 4 members (excludes halogenated alkanes) is 1. The van der Waals surface area contributed by atoms with E-state index < -0.39 is 0 Å². The lowest BCUT2D eigenvalue weighted by atomic mass is 10.0. The molecular weight excluding hydrogens is 340 g/mol. The van der Waals surface area contributed by atoms with Gasteiger partial charge in [0.15, 0.2) is 0 Å². The van der Waals surface area contributed by atoms with Crippen molar-refractivity contribution in [2.24, 2.45) is 0 Å². The molecule has 1 aliphatic rings. The van der Waals surface area contributed by atoms with E-state index in [1.54, 1.807) is 30.1 Å². The summed E-state index contributed by atoms with van der Waals surface area (Å²) in [6, 6.07) is 14.4. The van der Waals surface area contributed by atoms with Gasteiger partial charge in [0, 0.05) is 19.2 Å². The van der Waals surface area contributed by atoms with E-state index in [9.17, 15) is 14.4 Å². The van der Waals surface area contributed by atoms with E-state index in [0.717, 1.165) is 18.4 Å². The second-order valence-electron chi connectivity index (χ2n) is 6.88. The largest absolute Gasteiger partial charge is 0.335 e. The highest BCUT2D eigenvalue weighted by atomic mass is 16.2. The monoisotopic (exact) mass is 364 g/mol. The molecule has 1 heterocycles. The van der Waals surface area contributed by atoms with Crippen LogP contribution >= 0.6 is 0 Å². The van der Waals surface area contributed by atoms with Crippen molar-refractivity contribution in [3.63, 3.8) is 0 Å². The number of carbonyl (C=O) groups is 3. The number of benzene rings is 2. The van der Waals surface area contributed by atoms with Crippen LogP contribution in [0.3, 0.4) is 0 Å². The zero-order chi connectivity index (χ0) is 19.6. The molecule has 2 aromatic rings. The maximum Gasteiger partial charge on any atom is 0.261 e. The maximum atomic E-state index is 12.9. The molecule has 0 bridgehead atoms. The number of amides is 3. The average molecular weight is 364 g/mol. The van der Waals surface area contributed by atoms with Crippen LogP contribution in [0.25, 0.3) is 0 Å². The zero-order valence-electron chi connectivity index (χ0n) is 15.9. The second-order valence-corrected chi connectivity index (χ2v) is 6.88. The molecule has 0 unspecified atom stereocenters. The molecule has 0 spiro atoms. The van der Waals surface area contributed by atoms with Gasteiger partial charge in [-0.25, -0.2) is 0 Å². The third kappa shape index (κ3) is 3.50. The lowest BCUT2D eigenvalue weighted by Gasteiger charge is -2.25. The van der Waals surface area contributed by atoms with Gasteiger partial charge in [-0.1, -0.05) is 43.7 Å². The first-order valence-electron chi connectivity index (χ1n) is 9.28. The fourth-order valence-corrected chi connectivity index (χ4v) is 3.28. The van der Waals surface area contributed by atoms with E-state index in [0.29, 0.717) is 23.2 Å². The molecule has 0 N–H and O–H groups in total. The number of hydrogen-bond acceptors (Lipinski definition) is 3. The number of rotatable bonds is 6. The molecule has 0 aromatic heterocycles. The van der Waals surface area contributed by atoms with Gasteiger partial charge >= 0.3 is 0 Å². The summed E-state index contributed by atoms with van der Waals surface area (Å²) in [5.74, 6) is -0.758. The first kappa shape index (κ1) is 18.8. The van der Waals surface area contributed by atoms with E-state index in [2.05, 4.69) is 0 Å². The molecule has 2 aromatic carbocycles. The lowest BCUT2D eigenvalue weighted by molar-refractivity contribution is 0.0651. The van der Waals surface area contributed by atoms with Gasteiger partial charge in [-0.2, -0.15) is 0 Å². The summed E-state index contributed by atoms with van der Waals surface area (Å²) in [6.07, 6.45) is 1.67. The number of nitrogens with zero attached hydrogens (tertiary/aromatic N) is 2. The zero-order valence-corrected chi connectivity index (χ0v) is 15.9. The Morgan fingerprint density at radius 3 is 2.37 bits per heavy atom. The van der Waals surface area contributed by atoms with Gasteiger partial charge in [0.25, 0.3) is 17.7 Å². The quantitative estimate of drug-likeness (QED) is 0.730. The average Bonchev–Trinajstić information content (AvgIpc) is 2.95. The van der Waals surface area contributed by atoms with Crippen LogP contribution < -0.4 is 0 Å². The minimum absolute atomic E-state index is 0.106. The van der Waals surface area contributed by atoms with Crippen molar-refractivity contribution in [3.05, 3.63) is 70.8 Å². The molecule has 3 rings (SSSR count). The van der Waals surface area contributed by atoms with Crippen LogP contribution in [0.2, 0.25) is 0 Å². The Morgan fingerprint density at radius 1 is 1.04 bits per heavy atom. The summed E-state index contributed by atoms with van der Waals surface area (Å²) in [4.78, 5) is 40.9. The molecule has 5 heteroatoms.